The molecule has 0 bridgehead atoms. The molecule has 0 aliphatic carbocycles. The van der Waals surface area contributed by atoms with Crippen LogP contribution < -0.4 is 15.6 Å². The lowest BCUT2D eigenvalue weighted by molar-refractivity contribution is -0.134. The van der Waals surface area contributed by atoms with Crippen molar-refractivity contribution in [3.05, 3.63) is 54.9 Å². The van der Waals surface area contributed by atoms with Crippen LogP contribution in [-0.4, -0.2) is 22.0 Å². The van der Waals surface area contributed by atoms with Gasteiger partial charge in [-0.3, -0.25) is 14.4 Å². The molecule has 0 aliphatic rings. The summed E-state index contributed by atoms with van der Waals surface area (Å²) in [5, 5.41) is 12.3. The third-order valence-corrected chi connectivity index (χ3v) is 4.64. The lowest BCUT2D eigenvalue weighted by Crippen LogP contribution is -2.28. The predicted molar refractivity (Wildman–Crippen MR) is 106 cm³/mol. The number of rotatable bonds is 6. The van der Waals surface area contributed by atoms with Crippen molar-refractivity contribution in [1.29, 1.82) is 0 Å². The summed E-state index contributed by atoms with van der Waals surface area (Å²) in [6.07, 6.45) is 0.697. The fourth-order valence-electron chi connectivity index (χ4n) is 2.59. The third-order valence-electron chi connectivity index (χ3n) is 3.98. The number of hydrogen-bond acceptors (Lipinski definition) is 5. The summed E-state index contributed by atoms with van der Waals surface area (Å²) >= 11 is 12.1. The molecule has 0 spiro atoms. The van der Waals surface area contributed by atoms with Gasteiger partial charge in [-0.1, -0.05) is 30.1 Å². The van der Waals surface area contributed by atoms with Crippen LogP contribution in [0.15, 0.2) is 16.9 Å². The first-order valence-corrected chi connectivity index (χ1v) is 9.30. The number of carbonyl (C=O) groups is 2. The van der Waals surface area contributed by atoms with Gasteiger partial charge in [-0.25, -0.2) is 0 Å². The molecule has 0 saturated heterocycles. The number of aryl methyl sites for hydroxylation is 2. The fraction of sp³-hybridized carbons (Fsp3) is 0.316. The molecule has 1 aromatic carbocycles. The lowest BCUT2D eigenvalue weighted by atomic mass is 10.1. The minimum Gasteiger partial charge on any atom is -0.503 e. The highest BCUT2D eigenvalue weighted by Crippen LogP contribution is 2.42. The molecular weight excluding hydrogens is 407 g/mol. The number of esters is 1. The monoisotopic (exact) mass is 426 g/mol. The number of phenolic OH excluding ortho intramolecular Hbond substituents is 1. The summed E-state index contributed by atoms with van der Waals surface area (Å²) in [6, 6.07) is 2.98. The van der Waals surface area contributed by atoms with E-state index in [-0.39, 0.29) is 39.9 Å². The van der Waals surface area contributed by atoms with Crippen LogP contribution in [0.5, 0.6) is 11.5 Å². The number of benzene rings is 1. The SMILES string of the molecule is CCCC(=O)Oc1c(Cl)cc(C(=O)NCc2c(C)cc(C)[nH]c2=O)c(Cl)c1O. The van der Waals surface area contributed by atoms with Gasteiger partial charge >= 0.3 is 5.97 Å². The standard InChI is InChI=1S/C19H20Cl2N2O5/c1-4-5-14(24)28-17-13(20)7-11(15(21)16(17)25)18(26)22-8-12-9(2)6-10(3)23-19(12)27/h6-7,25H,4-5,8H2,1-3H3,(H,22,26)(H,23,27). The lowest BCUT2D eigenvalue weighted by Gasteiger charge is -2.13. The molecule has 3 N–H and O–H groups in total. The average molecular weight is 427 g/mol. The molecular formula is C19H20Cl2N2O5. The van der Waals surface area contributed by atoms with Gasteiger partial charge < -0.3 is 20.1 Å². The topological polar surface area (TPSA) is 108 Å². The molecule has 0 aliphatic heterocycles. The van der Waals surface area contributed by atoms with Gasteiger partial charge in [-0.05, 0) is 38.0 Å². The summed E-state index contributed by atoms with van der Waals surface area (Å²) in [7, 11) is 0. The highest BCUT2D eigenvalue weighted by Gasteiger charge is 2.23. The van der Waals surface area contributed by atoms with Gasteiger partial charge in [-0.15, -0.1) is 0 Å². The number of hydrogen-bond donors (Lipinski definition) is 3. The number of nitrogens with one attached hydrogen (secondary N) is 2. The number of aromatic amines is 1. The van der Waals surface area contributed by atoms with Crippen molar-refractivity contribution in [2.45, 2.75) is 40.2 Å². The molecule has 2 aromatic rings. The number of amides is 1. The maximum absolute atomic E-state index is 12.5. The van der Waals surface area contributed by atoms with Crippen LogP contribution in [0.1, 0.15) is 46.9 Å². The van der Waals surface area contributed by atoms with Crippen molar-refractivity contribution in [3.8, 4) is 11.5 Å². The van der Waals surface area contributed by atoms with Crippen LogP contribution >= 0.6 is 23.2 Å². The number of aromatic nitrogens is 1. The largest absolute Gasteiger partial charge is 0.503 e. The number of halogens is 2. The number of aromatic hydroxyl groups is 1. The van der Waals surface area contributed by atoms with E-state index < -0.39 is 17.6 Å². The Labute approximate surface area is 171 Å². The van der Waals surface area contributed by atoms with Crippen LogP contribution in [0.25, 0.3) is 0 Å². The zero-order valence-corrected chi connectivity index (χ0v) is 17.1. The number of carbonyl (C=O) groups excluding carboxylic acids is 2. The number of ether oxygens (including phenoxy) is 1. The summed E-state index contributed by atoms with van der Waals surface area (Å²) in [5.41, 5.74) is 1.43. The molecule has 150 valence electrons. The molecule has 28 heavy (non-hydrogen) atoms. The summed E-state index contributed by atoms with van der Waals surface area (Å²) in [5.74, 6) is -2.13. The Kier molecular flexibility index (Phi) is 7.10. The Hall–Kier alpha value is -2.51. The van der Waals surface area contributed by atoms with Crippen molar-refractivity contribution in [2.75, 3.05) is 0 Å². The van der Waals surface area contributed by atoms with E-state index in [1.807, 2.05) is 0 Å². The highest BCUT2D eigenvalue weighted by atomic mass is 35.5. The fourth-order valence-corrected chi connectivity index (χ4v) is 3.06. The van der Waals surface area contributed by atoms with Crippen LogP contribution in [0.4, 0.5) is 0 Å². The van der Waals surface area contributed by atoms with Gasteiger partial charge in [-0.2, -0.15) is 0 Å². The van der Waals surface area contributed by atoms with Crippen LogP contribution in [-0.2, 0) is 11.3 Å². The number of phenols is 1. The second-order valence-electron chi connectivity index (χ2n) is 6.25. The zero-order chi connectivity index (χ0) is 21.0. The Morgan fingerprint density at radius 1 is 1.25 bits per heavy atom. The minimum atomic E-state index is -0.645. The van der Waals surface area contributed by atoms with E-state index in [4.69, 9.17) is 27.9 Å². The van der Waals surface area contributed by atoms with Gasteiger partial charge in [0.2, 0.25) is 0 Å². The van der Waals surface area contributed by atoms with E-state index in [0.717, 1.165) is 5.56 Å². The van der Waals surface area contributed by atoms with E-state index in [1.54, 1.807) is 26.8 Å². The van der Waals surface area contributed by atoms with E-state index >= 15 is 0 Å². The summed E-state index contributed by atoms with van der Waals surface area (Å²) < 4.78 is 5.02. The average Bonchev–Trinajstić information content (AvgIpc) is 2.60. The first kappa shape index (κ1) is 21.8. The Balaban J connectivity index is 2.25. The molecule has 7 nitrogen and oxygen atoms in total. The van der Waals surface area contributed by atoms with E-state index in [1.165, 1.54) is 6.07 Å². The molecule has 0 fully saturated rings. The smallest absolute Gasteiger partial charge is 0.311 e. The molecule has 1 heterocycles. The number of H-pyrrole nitrogens is 1. The molecule has 1 aromatic heterocycles. The molecule has 0 atom stereocenters. The Morgan fingerprint density at radius 3 is 2.54 bits per heavy atom. The zero-order valence-electron chi connectivity index (χ0n) is 15.6. The first-order valence-electron chi connectivity index (χ1n) is 8.54. The minimum absolute atomic E-state index is 0.0395. The van der Waals surface area contributed by atoms with Crippen molar-refractivity contribution in [3.63, 3.8) is 0 Å². The van der Waals surface area contributed by atoms with Gasteiger partial charge in [0.15, 0.2) is 11.5 Å². The second-order valence-corrected chi connectivity index (χ2v) is 7.03. The van der Waals surface area contributed by atoms with Crippen LogP contribution in [0, 0.1) is 13.8 Å². The van der Waals surface area contributed by atoms with Crippen molar-refractivity contribution in [2.24, 2.45) is 0 Å². The second kappa shape index (κ2) is 9.12. The van der Waals surface area contributed by atoms with E-state index in [2.05, 4.69) is 10.3 Å². The third kappa shape index (κ3) is 4.85. The van der Waals surface area contributed by atoms with Gasteiger partial charge in [0, 0.05) is 24.2 Å². The van der Waals surface area contributed by atoms with E-state index in [9.17, 15) is 19.5 Å². The molecule has 0 radical (unpaired) electrons. The summed E-state index contributed by atoms with van der Waals surface area (Å²) in [6.45, 7) is 5.28. The summed E-state index contributed by atoms with van der Waals surface area (Å²) in [4.78, 5) is 38.8. The Morgan fingerprint density at radius 2 is 1.93 bits per heavy atom. The molecule has 1 amide bonds. The maximum Gasteiger partial charge on any atom is 0.311 e. The van der Waals surface area contributed by atoms with Crippen molar-refractivity contribution >= 4 is 35.1 Å². The first-order chi connectivity index (χ1) is 13.1. The predicted octanol–water partition coefficient (Wildman–Crippen LogP) is 3.64. The highest BCUT2D eigenvalue weighted by molar-refractivity contribution is 6.38. The molecule has 0 unspecified atom stereocenters. The molecule has 0 saturated carbocycles. The maximum atomic E-state index is 12.5. The van der Waals surface area contributed by atoms with Crippen LogP contribution in [0.3, 0.4) is 0 Å². The normalized spacial score (nSPS) is 10.6. The van der Waals surface area contributed by atoms with Crippen molar-refractivity contribution < 1.29 is 19.4 Å². The number of pyridine rings is 1. The Bertz CT molecular complexity index is 985. The van der Waals surface area contributed by atoms with Gasteiger partial charge in [0.1, 0.15) is 0 Å². The van der Waals surface area contributed by atoms with Gasteiger partial charge in [0.05, 0.1) is 15.6 Å². The van der Waals surface area contributed by atoms with E-state index in [0.29, 0.717) is 17.7 Å². The van der Waals surface area contributed by atoms with Gasteiger partial charge in [0.25, 0.3) is 11.5 Å². The quantitative estimate of drug-likeness (QED) is 0.482. The molecule has 2 rings (SSSR count). The molecule has 9 heteroatoms. The van der Waals surface area contributed by atoms with Crippen LogP contribution in [0.2, 0.25) is 10.0 Å². The van der Waals surface area contributed by atoms with Crippen molar-refractivity contribution in [1.82, 2.24) is 10.3 Å².